The number of nitrogens with two attached hydrogens (primary N) is 4. The molecule has 2 aromatic carbocycles. The van der Waals surface area contributed by atoms with E-state index in [9.17, 15) is 19.2 Å². The Morgan fingerprint density at radius 3 is 1.83 bits per heavy atom. The van der Waals surface area contributed by atoms with Gasteiger partial charge in [-0.05, 0) is 42.1 Å². The van der Waals surface area contributed by atoms with Gasteiger partial charge in [0, 0.05) is 13.0 Å². The van der Waals surface area contributed by atoms with Crippen LogP contribution in [0, 0.1) is 5.41 Å². The fourth-order valence-electron chi connectivity index (χ4n) is 4.87. The summed E-state index contributed by atoms with van der Waals surface area (Å²) in [6, 6.07) is 15.3. The van der Waals surface area contributed by atoms with Crippen LogP contribution < -0.4 is 44.2 Å². The molecule has 2 rings (SSSR count). The second-order valence-corrected chi connectivity index (χ2v) is 12.6. The molecule has 0 spiro atoms. The molecule has 46 heavy (non-hydrogen) atoms. The molecule has 0 unspecified atom stereocenters. The van der Waals surface area contributed by atoms with Gasteiger partial charge in [0.1, 0.15) is 35.6 Å². The summed E-state index contributed by atoms with van der Waals surface area (Å²) in [5.41, 5.74) is 23.7. The monoisotopic (exact) mass is 631 g/mol. The Kier molecular flexibility index (Phi) is 14.8. The van der Waals surface area contributed by atoms with Crippen molar-refractivity contribution in [3.63, 3.8) is 0 Å². The average Bonchev–Trinajstić information content (AvgIpc) is 2.98. The zero-order chi connectivity index (χ0) is 34.3. The normalized spacial score (nSPS) is 14.5. The molecule has 246 valence electrons. The highest BCUT2D eigenvalue weighted by Gasteiger charge is 2.36. The number of guanidine groups is 1. The molecule has 4 atom stereocenters. The van der Waals surface area contributed by atoms with E-state index in [1.807, 2.05) is 76.4 Å². The molecule has 13 nitrogen and oxygen atoms in total. The second-order valence-electron chi connectivity index (χ2n) is 12.6. The maximum atomic E-state index is 13.7. The van der Waals surface area contributed by atoms with E-state index in [0.717, 1.165) is 11.1 Å². The first kappa shape index (κ1) is 37.9. The van der Waals surface area contributed by atoms with Crippen molar-refractivity contribution in [2.24, 2.45) is 22.9 Å². The van der Waals surface area contributed by atoms with E-state index in [4.69, 9.17) is 28.3 Å². The van der Waals surface area contributed by atoms with Crippen LogP contribution in [-0.4, -0.2) is 88.6 Å². The van der Waals surface area contributed by atoms with E-state index in [2.05, 4.69) is 21.3 Å². The third kappa shape index (κ3) is 13.8. The Morgan fingerprint density at radius 1 is 0.761 bits per heavy atom. The fourth-order valence-corrected chi connectivity index (χ4v) is 4.87. The van der Waals surface area contributed by atoms with Crippen molar-refractivity contribution >= 4 is 53.1 Å². The van der Waals surface area contributed by atoms with E-state index < -0.39 is 52.5 Å². The van der Waals surface area contributed by atoms with Gasteiger partial charge >= 0.3 is 0 Å². The Balaban J connectivity index is 2.27. The van der Waals surface area contributed by atoms with Crippen molar-refractivity contribution < 1.29 is 19.2 Å². The van der Waals surface area contributed by atoms with Gasteiger partial charge in [-0.3, -0.25) is 24.6 Å². The molecule has 0 aliphatic heterocycles. The van der Waals surface area contributed by atoms with Gasteiger partial charge in [0.25, 0.3) is 0 Å². The van der Waals surface area contributed by atoms with E-state index in [1.54, 1.807) is 7.85 Å². The lowest BCUT2D eigenvalue weighted by Gasteiger charge is -2.32. The van der Waals surface area contributed by atoms with Gasteiger partial charge in [-0.2, -0.15) is 0 Å². The molecule has 0 aromatic heterocycles. The third-order valence-corrected chi connectivity index (χ3v) is 7.61. The standard InChI is InChI=1S/C30H48B3N9O4/c31-29(27(35)46,14-8-15-30(32,33)38)42-26(45)23(18-20-11-5-2-6-12-20)41-25(44)22(13-7-16-39-28(36)37)40-24(43)21(34)17-19-9-3-1-4-10-19/h1-6,9-12,21-23H,7-8,13-18,31-34,38H2,(H2,35,46)(H,40,43)(H,41,44)(H,42,45)(H4,36,37,39)/t21-,22+,23-,29-/m0/s1. The van der Waals surface area contributed by atoms with E-state index in [-0.39, 0.29) is 38.2 Å². The highest BCUT2D eigenvalue weighted by atomic mass is 16.2. The molecule has 13 N–H and O–H groups in total. The minimum atomic E-state index is -1.39. The largest absolute Gasteiger partial charge is 0.370 e. The number of benzene rings is 2. The lowest BCUT2D eigenvalue weighted by molar-refractivity contribution is -0.134. The Labute approximate surface area is 273 Å². The first-order valence-electron chi connectivity index (χ1n) is 15.5. The predicted octanol–water partition coefficient (Wildman–Crippen LogP) is -3.99. The second kappa shape index (κ2) is 18.0. The van der Waals surface area contributed by atoms with Crippen LogP contribution in [0.4, 0.5) is 0 Å². The molecule has 2 aromatic rings. The SMILES string of the molecule is BC(B)(N)CCC[C@](B)(NC(=O)[C@H](Cc1ccccc1)NC(=O)[C@@H](CCCNC(=N)N)NC(=O)[C@@H](N)Cc1ccccc1)C(N)=O. The van der Waals surface area contributed by atoms with Crippen LogP contribution in [0.3, 0.4) is 0 Å². The summed E-state index contributed by atoms with van der Waals surface area (Å²) in [6.07, 6.45) is 2.30. The number of hydrogen-bond donors (Lipinski definition) is 9. The molecule has 0 aliphatic rings. The number of hydrogen-bond acceptors (Lipinski definition) is 7. The van der Waals surface area contributed by atoms with Crippen molar-refractivity contribution in [3.8, 4) is 0 Å². The van der Waals surface area contributed by atoms with Crippen LogP contribution >= 0.6 is 0 Å². The number of nitrogens with one attached hydrogen (secondary N) is 5. The van der Waals surface area contributed by atoms with Gasteiger partial charge in [-0.15, -0.1) is 0 Å². The predicted molar refractivity (Wildman–Crippen MR) is 188 cm³/mol. The maximum absolute atomic E-state index is 13.7. The first-order chi connectivity index (χ1) is 21.6. The minimum absolute atomic E-state index is 0.114. The van der Waals surface area contributed by atoms with Crippen LogP contribution in [0.25, 0.3) is 0 Å². The molecule has 4 amide bonds. The van der Waals surface area contributed by atoms with Gasteiger partial charge in [0.2, 0.25) is 23.6 Å². The van der Waals surface area contributed by atoms with Crippen LogP contribution in [0.15, 0.2) is 60.7 Å². The molecular weight excluding hydrogens is 583 g/mol. The topological polar surface area (TPSA) is 244 Å². The van der Waals surface area contributed by atoms with Crippen LogP contribution in [0.5, 0.6) is 0 Å². The van der Waals surface area contributed by atoms with Crippen LogP contribution in [0.1, 0.15) is 43.2 Å². The van der Waals surface area contributed by atoms with Crippen LogP contribution in [-0.2, 0) is 32.0 Å². The number of primary amides is 1. The first-order valence-corrected chi connectivity index (χ1v) is 15.5. The lowest BCUT2D eigenvalue weighted by atomic mass is 9.59. The molecule has 0 heterocycles. The van der Waals surface area contributed by atoms with Gasteiger partial charge in [0.05, 0.1) is 11.5 Å². The molecule has 0 saturated heterocycles. The number of carbonyl (C=O) groups is 4. The van der Waals surface area contributed by atoms with Gasteiger partial charge in [-0.1, -0.05) is 73.5 Å². The smallest absolute Gasteiger partial charge is 0.243 e. The number of rotatable bonds is 19. The highest BCUT2D eigenvalue weighted by Crippen LogP contribution is 2.15. The van der Waals surface area contributed by atoms with Crippen molar-refractivity contribution in [1.82, 2.24) is 21.3 Å². The van der Waals surface area contributed by atoms with Crippen LogP contribution in [0.2, 0.25) is 0 Å². The number of amides is 4. The molecule has 0 radical (unpaired) electrons. The summed E-state index contributed by atoms with van der Waals surface area (Å²) in [5.74, 6) is -2.67. The third-order valence-electron chi connectivity index (χ3n) is 7.61. The zero-order valence-corrected chi connectivity index (χ0v) is 27.1. The van der Waals surface area contributed by atoms with E-state index in [0.29, 0.717) is 19.3 Å². The summed E-state index contributed by atoms with van der Waals surface area (Å²) in [4.78, 5) is 53.1. The molecule has 0 fully saturated rings. The summed E-state index contributed by atoms with van der Waals surface area (Å²) in [5, 5.41) is 17.9. The minimum Gasteiger partial charge on any atom is -0.370 e. The Hall–Kier alpha value is -4.30. The average molecular weight is 631 g/mol. The van der Waals surface area contributed by atoms with E-state index in [1.165, 1.54) is 0 Å². The highest BCUT2D eigenvalue weighted by molar-refractivity contribution is 6.39. The summed E-state index contributed by atoms with van der Waals surface area (Å²) >= 11 is 0. The van der Waals surface area contributed by atoms with Crippen molar-refractivity contribution in [2.45, 2.75) is 73.8 Å². The molecule has 16 heteroatoms. The fraction of sp³-hybridized carbons (Fsp3) is 0.433. The summed E-state index contributed by atoms with van der Waals surface area (Å²) < 4.78 is 0. The Morgan fingerprint density at radius 2 is 1.30 bits per heavy atom. The Bertz CT molecular complexity index is 1320. The molecular formula is C30H48B3N9O4. The van der Waals surface area contributed by atoms with E-state index >= 15 is 0 Å². The summed E-state index contributed by atoms with van der Waals surface area (Å²) in [7, 11) is 5.30. The van der Waals surface area contributed by atoms with Crippen molar-refractivity contribution in [2.75, 3.05) is 6.54 Å². The molecule has 0 bridgehead atoms. The summed E-state index contributed by atoms with van der Waals surface area (Å²) in [6.45, 7) is 0.287. The zero-order valence-electron chi connectivity index (χ0n) is 27.1. The van der Waals surface area contributed by atoms with Crippen molar-refractivity contribution in [3.05, 3.63) is 71.8 Å². The molecule has 0 saturated carbocycles. The lowest BCUT2D eigenvalue weighted by Crippen LogP contribution is -2.63. The number of carbonyl (C=O) groups excluding carboxylic acids is 4. The van der Waals surface area contributed by atoms with Gasteiger partial charge in [0.15, 0.2) is 5.96 Å². The van der Waals surface area contributed by atoms with Crippen molar-refractivity contribution in [1.29, 1.82) is 5.41 Å². The quantitative estimate of drug-likeness (QED) is 0.0320. The maximum Gasteiger partial charge on any atom is 0.243 e. The van der Waals surface area contributed by atoms with Gasteiger partial charge in [-0.25, -0.2) is 0 Å². The molecule has 0 aliphatic carbocycles. The van der Waals surface area contributed by atoms with Gasteiger partial charge < -0.3 is 44.2 Å².